The number of hydrogen-bond acceptors (Lipinski definition) is 3. The van der Waals surface area contributed by atoms with E-state index in [4.69, 9.17) is 5.73 Å². The minimum absolute atomic E-state index is 0.0456. The molecule has 0 aliphatic carbocycles. The lowest BCUT2D eigenvalue weighted by Gasteiger charge is -2.13. The molecule has 1 atom stereocenters. The van der Waals surface area contributed by atoms with Crippen LogP contribution >= 0.6 is 0 Å². The van der Waals surface area contributed by atoms with Gasteiger partial charge >= 0.3 is 0 Å². The van der Waals surface area contributed by atoms with E-state index in [1.54, 1.807) is 29.3 Å². The van der Waals surface area contributed by atoms with Gasteiger partial charge in [-0.2, -0.15) is 5.10 Å². The number of nitrogens with two attached hydrogens (primary N) is 1. The van der Waals surface area contributed by atoms with E-state index >= 15 is 0 Å². The van der Waals surface area contributed by atoms with Gasteiger partial charge in [-0.15, -0.1) is 0 Å². The van der Waals surface area contributed by atoms with Crippen molar-refractivity contribution in [1.29, 1.82) is 0 Å². The zero-order valence-electron chi connectivity index (χ0n) is 10.9. The molecule has 104 valence electrons. The average Bonchev–Trinajstić information content (AvgIpc) is 3.07. The number of amides is 1. The topological polar surface area (TPSA) is 64.2 Å². The maximum absolute atomic E-state index is 13.2. The fourth-order valence-corrected chi connectivity index (χ4v) is 2.33. The van der Waals surface area contributed by atoms with Crippen LogP contribution < -0.4 is 5.73 Å². The average molecular weight is 274 g/mol. The van der Waals surface area contributed by atoms with Crippen LogP contribution in [0.15, 0.2) is 36.5 Å². The molecule has 1 aliphatic heterocycles. The van der Waals surface area contributed by atoms with Gasteiger partial charge in [0.2, 0.25) is 0 Å². The normalized spacial score (nSPS) is 18.5. The first-order valence-electron chi connectivity index (χ1n) is 6.50. The highest BCUT2D eigenvalue weighted by molar-refractivity contribution is 5.92. The molecule has 0 saturated carbocycles. The van der Waals surface area contributed by atoms with Crippen molar-refractivity contribution in [2.45, 2.75) is 12.5 Å². The summed E-state index contributed by atoms with van der Waals surface area (Å²) in [5.74, 6) is -0.468. The van der Waals surface area contributed by atoms with Crippen molar-refractivity contribution < 1.29 is 9.18 Å². The van der Waals surface area contributed by atoms with Gasteiger partial charge in [0.25, 0.3) is 5.91 Å². The maximum Gasteiger partial charge on any atom is 0.274 e. The Balaban J connectivity index is 1.81. The predicted molar refractivity (Wildman–Crippen MR) is 72.0 cm³/mol. The predicted octanol–water partition coefficient (Wildman–Crippen LogP) is 1.18. The summed E-state index contributed by atoms with van der Waals surface area (Å²) in [7, 11) is 0. The number of likely N-dealkylation sites (tertiary alicyclic amines) is 1. The smallest absolute Gasteiger partial charge is 0.274 e. The highest BCUT2D eigenvalue weighted by Gasteiger charge is 2.25. The summed E-state index contributed by atoms with van der Waals surface area (Å²) in [6, 6.07) is 7.75. The fraction of sp³-hybridized carbons (Fsp3) is 0.286. The summed E-state index contributed by atoms with van der Waals surface area (Å²) in [5, 5.41) is 4.21. The lowest BCUT2D eigenvalue weighted by atomic mass is 10.3. The molecule has 1 aromatic heterocycles. The van der Waals surface area contributed by atoms with Crippen LogP contribution in [0.1, 0.15) is 16.9 Å². The van der Waals surface area contributed by atoms with Crippen LogP contribution in [0, 0.1) is 5.82 Å². The van der Waals surface area contributed by atoms with E-state index in [1.165, 1.54) is 16.8 Å². The Labute approximate surface area is 115 Å². The molecule has 5 nitrogen and oxygen atoms in total. The summed E-state index contributed by atoms with van der Waals surface area (Å²) >= 11 is 0. The number of benzene rings is 1. The molecule has 1 saturated heterocycles. The Morgan fingerprint density at radius 3 is 2.95 bits per heavy atom. The molecule has 1 fully saturated rings. The monoisotopic (exact) mass is 274 g/mol. The molecule has 2 N–H and O–H groups in total. The van der Waals surface area contributed by atoms with Crippen molar-refractivity contribution in [2.24, 2.45) is 5.73 Å². The highest BCUT2D eigenvalue weighted by atomic mass is 19.1. The molecule has 1 aliphatic rings. The first-order chi connectivity index (χ1) is 9.63. The molecule has 1 aromatic carbocycles. The van der Waals surface area contributed by atoms with E-state index in [0.29, 0.717) is 24.5 Å². The van der Waals surface area contributed by atoms with E-state index in [2.05, 4.69) is 5.10 Å². The number of aromatic nitrogens is 2. The third-order valence-electron chi connectivity index (χ3n) is 3.39. The van der Waals surface area contributed by atoms with Gasteiger partial charge in [0, 0.05) is 25.3 Å². The molecule has 0 unspecified atom stereocenters. The SMILES string of the molecule is N[C@H]1CCN(C(=O)c2ccn(-c3cccc(F)c3)n2)C1. The molecule has 20 heavy (non-hydrogen) atoms. The van der Waals surface area contributed by atoms with Gasteiger partial charge in [-0.1, -0.05) is 6.07 Å². The number of hydrogen-bond donors (Lipinski definition) is 1. The zero-order chi connectivity index (χ0) is 14.1. The van der Waals surface area contributed by atoms with Crippen molar-refractivity contribution >= 4 is 5.91 Å². The van der Waals surface area contributed by atoms with Gasteiger partial charge in [0.05, 0.1) is 5.69 Å². The summed E-state index contributed by atoms with van der Waals surface area (Å²) in [6.45, 7) is 1.22. The Bertz CT molecular complexity index is 640. The van der Waals surface area contributed by atoms with Gasteiger partial charge in [-0.25, -0.2) is 9.07 Å². The van der Waals surface area contributed by atoms with Crippen LogP contribution in [0.3, 0.4) is 0 Å². The van der Waals surface area contributed by atoms with E-state index in [-0.39, 0.29) is 17.8 Å². The van der Waals surface area contributed by atoms with Gasteiger partial charge in [-0.3, -0.25) is 4.79 Å². The molecule has 2 aromatic rings. The van der Waals surface area contributed by atoms with Crippen LogP contribution in [0.5, 0.6) is 0 Å². The second kappa shape index (κ2) is 5.05. The maximum atomic E-state index is 13.2. The molecule has 1 amide bonds. The lowest BCUT2D eigenvalue weighted by Crippen LogP contribution is -2.32. The van der Waals surface area contributed by atoms with Crippen LogP contribution in [0.25, 0.3) is 5.69 Å². The first-order valence-corrected chi connectivity index (χ1v) is 6.50. The summed E-state index contributed by atoms with van der Waals surface area (Å²) in [6.07, 6.45) is 2.47. The molecule has 6 heteroatoms. The number of nitrogens with zero attached hydrogens (tertiary/aromatic N) is 3. The number of carbonyl (C=O) groups is 1. The third-order valence-corrected chi connectivity index (χ3v) is 3.39. The summed E-state index contributed by atoms with van der Waals surface area (Å²) < 4.78 is 14.7. The molecular formula is C14H15FN4O. The van der Waals surface area contributed by atoms with Crippen molar-refractivity contribution in [3.05, 3.63) is 48.0 Å². The second-order valence-corrected chi connectivity index (χ2v) is 4.93. The lowest BCUT2D eigenvalue weighted by molar-refractivity contribution is 0.0784. The second-order valence-electron chi connectivity index (χ2n) is 4.93. The first kappa shape index (κ1) is 12.8. The van der Waals surface area contributed by atoms with E-state index < -0.39 is 0 Å². The van der Waals surface area contributed by atoms with E-state index in [1.807, 2.05) is 0 Å². The standard InChI is InChI=1S/C14H15FN4O/c15-10-2-1-3-12(8-10)19-7-5-13(17-19)14(20)18-6-4-11(16)9-18/h1-3,5,7-8,11H,4,6,9,16H2/t11-/m0/s1. The molecule has 2 heterocycles. The van der Waals surface area contributed by atoms with E-state index in [0.717, 1.165) is 6.42 Å². The van der Waals surface area contributed by atoms with Crippen molar-refractivity contribution in [3.8, 4) is 5.69 Å². The van der Waals surface area contributed by atoms with Crippen molar-refractivity contribution in [2.75, 3.05) is 13.1 Å². The van der Waals surface area contributed by atoms with Crippen LogP contribution in [0.4, 0.5) is 4.39 Å². The van der Waals surface area contributed by atoms with Gasteiger partial charge in [0.15, 0.2) is 5.69 Å². The largest absolute Gasteiger partial charge is 0.336 e. The molecule has 0 radical (unpaired) electrons. The summed E-state index contributed by atoms with van der Waals surface area (Å²) in [4.78, 5) is 13.9. The molecule has 3 rings (SSSR count). The van der Waals surface area contributed by atoms with Gasteiger partial charge in [0.1, 0.15) is 5.82 Å². The third kappa shape index (κ3) is 2.42. The Hall–Kier alpha value is -2.21. The number of carbonyl (C=O) groups excluding carboxylic acids is 1. The quantitative estimate of drug-likeness (QED) is 0.894. The van der Waals surface area contributed by atoms with Gasteiger partial charge < -0.3 is 10.6 Å². The van der Waals surface area contributed by atoms with Crippen molar-refractivity contribution in [3.63, 3.8) is 0 Å². The number of halogens is 1. The molecule has 0 spiro atoms. The fourth-order valence-electron chi connectivity index (χ4n) is 2.33. The van der Waals surface area contributed by atoms with Crippen LogP contribution in [-0.2, 0) is 0 Å². The highest BCUT2D eigenvalue weighted by Crippen LogP contribution is 2.13. The van der Waals surface area contributed by atoms with E-state index in [9.17, 15) is 9.18 Å². The van der Waals surface area contributed by atoms with Crippen molar-refractivity contribution in [1.82, 2.24) is 14.7 Å². The zero-order valence-corrected chi connectivity index (χ0v) is 10.9. The Morgan fingerprint density at radius 2 is 2.25 bits per heavy atom. The van der Waals surface area contributed by atoms with Crippen LogP contribution in [0.2, 0.25) is 0 Å². The minimum Gasteiger partial charge on any atom is -0.336 e. The number of rotatable bonds is 2. The minimum atomic E-state index is -0.337. The Morgan fingerprint density at radius 1 is 1.40 bits per heavy atom. The Kier molecular flexibility index (Phi) is 3.23. The van der Waals surface area contributed by atoms with Gasteiger partial charge in [-0.05, 0) is 30.7 Å². The molecular weight excluding hydrogens is 259 g/mol. The van der Waals surface area contributed by atoms with Crippen LogP contribution in [-0.4, -0.2) is 39.7 Å². The summed E-state index contributed by atoms with van der Waals surface area (Å²) in [5.41, 5.74) is 6.73. The molecule has 0 bridgehead atoms.